The first kappa shape index (κ1) is 12.3. The molecule has 2 atom stereocenters. The lowest BCUT2D eigenvalue weighted by atomic mass is 9.96. The van der Waals surface area contributed by atoms with Crippen LogP contribution in [0, 0.1) is 6.92 Å². The van der Waals surface area contributed by atoms with Crippen LogP contribution in [0.15, 0.2) is 18.2 Å². The summed E-state index contributed by atoms with van der Waals surface area (Å²) < 4.78 is 0. The minimum absolute atomic E-state index is 0.693. The van der Waals surface area contributed by atoms with Gasteiger partial charge in [0.25, 0.3) is 0 Å². The third-order valence-electron chi connectivity index (χ3n) is 4.59. The fourth-order valence-electron chi connectivity index (χ4n) is 3.67. The summed E-state index contributed by atoms with van der Waals surface area (Å²) in [7, 11) is 2.09. The van der Waals surface area contributed by atoms with Crippen molar-refractivity contribution in [2.45, 2.75) is 50.7 Å². The highest BCUT2D eigenvalue weighted by molar-refractivity contribution is 6.30. The number of halogens is 1. The van der Waals surface area contributed by atoms with Crippen LogP contribution in [0.4, 0.5) is 5.69 Å². The first-order valence-electron chi connectivity index (χ1n) is 6.91. The molecule has 0 amide bonds. The van der Waals surface area contributed by atoms with E-state index in [1.54, 1.807) is 0 Å². The average Bonchev–Trinajstić information content (AvgIpc) is 2.63. The molecule has 2 aliphatic heterocycles. The van der Waals surface area contributed by atoms with E-state index >= 15 is 0 Å². The van der Waals surface area contributed by atoms with Crippen molar-refractivity contribution >= 4 is 17.3 Å². The molecular weight excluding hydrogens is 244 g/mol. The van der Waals surface area contributed by atoms with Gasteiger partial charge in [-0.1, -0.05) is 17.7 Å². The van der Waals surface area contributed by atoms with E-state index in [0.717, 1.165) is 5.02 Å². The maximum Gasteiger partial charge on any atom is 0.0426 e. The molecule has 2 heterocycles. The number of piperidine rings is 1. The van der Waals surface area contributed by atoms with Gasteiger partial charge in [0.1, 0.15) is 0 Å². The molecule has 0 aliphatic carbocycles. The molecule has 2 fully saturated rings. The zero-order valence-electron chi connectivity index (χ0n) is 11.1. The van der Waals surface area contributed by atoms with E-state index in [4.69, 9.17) is 11.6 Å². The van der Waals surface area contributed by atoms with Crippen molar-refractivity contribution in [2.24, 2.45) is 0 Å². The fourth-order valence-corrected chi connectivity index (χ4v) is 3.83. The maximum absolute atomic E-state index is 6.17. The molecule has 2 bridgehead atoms. The van der Waals surface area contributed by atoms with Crippen LogP contribution in [-0.4, -0.2) is 25.2 Å². The number of aryl methyl sites for hydroxylation is 1. The summed E-state index contributed by atoms with van der Waals surface area (Å²) in [5.74, 6) is 0. The number of hydrogen-bond acceptors (Lipinski definition) is 2. The van der Waals surface area contributed by atoms with E-state index in [1.807, 2.05) is 6.07 Å². The minimum Gasteiger partial charge on any atom is -0.365 e. The van der Waals surface area contributed by atoms with Gasteiger partial charge in [-0.25, -0.2) is 0 Å². The highest BCUT2D eigenvalue weighted by atomic mass is 35.5. The van der Waals surface area contributed by atoms with Crippen LogP contribution in [0.5, 0.6) is 0 Å². The second kappa shape index (κ2) is 4.75. The molecule has 1 aromatic carbocycles. The van der Waals surface area contributed by atoms with Crippen LogP contribution in [0.3, 0.4) is 0 Å². The van der Waals surface area contributed by atoms with Crippen LogP contribution in [0.25, 0.3) is 0 Å². The van der Waals surface area contributed by atoms with E-state index in [0.29, 0.717) is 18.1 Å². The van der Waals surface area contributed by atoms with Crippen LogP contribution >= 0.6 is 11.6 Å². The second-order valence-electron chi connectivity index (χ2n) is 5.68. The number of benzene rings is 1. The van der Waals surface area contributed by atoms with Crippen molar-refractivity contribution in [3.8, 4) is 0 Å². The summed E-state index contributed by atoms with van der Waals surface area (Å²) in [5, 5.41) is 4.30. The van der Waals surface area contributed by atoms with Crippen LogP contribution in [-0.2, 0) is 0 Å². The van der Waals surface area contributed by atoms with Gasteiger partial charge in [0.15, 0.2) is 0 Å². The number of nitrogens with one attached hydrogen (secondary N) is 1. The Balaban J connectivity index is 1.91. The van der Waals surface area contributed by atoms with E-state index < -0.39 is 0 Å². The molecule has 3 heteroatoms. The summed E-state index contributed by atoms with van der Waals surface area (Å²) in [6.07, 6.45) is 5.18. The van der Waals surface area contributed by atoms with Gasteiger partial charge in [-0.05, 0) is 57.4 Å². The van der Waals surface area contributed by atoms with Crippen molar-refractivity contribution in [1.82, 2.24) is 5.32 Å². The molecule has 1 aromatic rings. The fraction of sp³-hybridized carbons (Fsp3) is 0.600. The minimum atomic E-state index is 0.693. The molecule has 3 rings (SSSR count). The van der Waals surface area contributed by atoms with Gasteiger partial charge in [0.2, 0.25) is 0 Å². The quantitative estimate of drug-likeness (QED) is 0.881. The van der Waals surface area contributed by atoms with Gasteiger partial charge in [0, 0.05) is 28.8 Å². The Morgan fingerprint density at radius 3 is 2.50 bits per heavy atom. The number of rotatable bonds is 2. The molecular formula is C15H21ClN2. The van der Waals surface area contributed by atoms with Crippen LogP contribution in [0.1, 0.15) is 31.2 Å². The molecule has 98 valence electrons. The Kier molecular flexibility index (Phi) is 3.25. The van der Waals surface area contributed by atoms with E-state index in [9.17, 15) is 0 Å². The van der Waals surface area contributed by atoms with Crippen molar-refractivity contribution in [2.75, 3.05) is 11.9 Å². The average molecular weight is 265 g/mol. The number of fused-ring (bicyclic) bond motifs is 2. The summed E-state index contributed by atoms with van der Waals surface area (Å²) in [6.45, 7) is 2.19. The molecule has 2 aliphatic rings. The second-order valence-corrected chi connectivity index (χ2v) is 6.12. The van der Waals surface area contributed by atoms with Crippen LogP contribution in [0.2, 0.25) is 5.02 Å². The van der Waals surface area contributed by atoms with E-state index in [1.165, 1.54) is 36.9 Å². The van der Waals surface area contributed by atoms with Gasteiger partial charge in [-0.3, -0.25) is 0 Å². The lowest BCUT2D eigenvalue weighted by Gasteiger charge is -2.41. The van der Waals surface area contributed by atoms with Crippen molar-refractivity contribution in [3.63, 3.8) is 0 Å². The Bertz CT molecular complexity index is 432. The highest BCUT2D eigenvalue weighted by Crippen LogP contribution is 2.41. The van der Waals surface area contributed by atoms with Gasteiger partial charge >= 0.3 is 0 Å². The first-order chi connectivity index (χ1) is 8.69. The smallest absolute Gasteiger partial charge is 0.0426 e. The molecule has 0 saturated carbocycles. The largest absolute Gasteiger partial charge is 0.365 e. The summed E-state index contributed by atoms with van der Waals surface area (Å²) in [5.41, 5.74) is 2.70. The van der Waals surface area contributed by atoms with Gasteiger partial charge < -0.3 is 10.2 Å². The zero-order valence-corrected chi connectivity index (χ0v) is 11.9. The molecule has 0 radical (unpaired) electrons. The van der Waals surface area contributed by atoms with Gasteiger partial charge in [-0.15, -0.1) is 0 Å². The highest BCUT2D eigenvalue weighted by Gasteiger charge is 2.40. The normalized spacial score (nSPS) is 30.8. The topological polar surface area (TPSA) is 15.3 Å². The Morgan fingerprint density at radius 1 is 1.22 bits per heavy atom. The summed E-state index contributed by atoms with van der Waals surface area (Å²) >= 11 is 6.17. The first-order valence-corrected chi connectivity index (χ1v) is 7.28. The predicted octanol–water partition coefficient (Wildman–Crippen LogP) is 3.37. The monoisotopic (exact) mass is 264 g/mol. The molecule has 2 unspecified atom stereocenters. The zero-order chi connectivity index (χ0) is 12.7. The number of hydrogen-bond donors (Lipinski definition) is 1. The third-order valence-corrected chi connectivity index (χ3v) is 4.83. The SMILES string of the molecule is CNC1CC2CCC(C1)N2c1cc(Cl)ccc1C. The Morgan fingerprint density at radius 2 is 1.89 bits per heavy atom. The molecule has 1 N–H and O–H groups in total. The predicted molar refractivity (Wildman–Crippen MR) is 77.6 cm³/mol. The van der Waals surface area contributed by atoms with Gasteiger partial charge in [0.05, 0.1) is 0 Å². The maximum atomic E-state index is 6.17. The molecule has 0 aromatic heterocycles. The Labute approximate surface area is 114 Å². The molecule has 0 spiro atoms. The standard InChI is InChI=1S/C15H21ClN2/c1-10-3-4-11(16)7-15(10)18-13-5-6-14(18)9-12(8-13)17-2/h3-4,7,12-14,17H,5-6,8-9H2,1-2H3. The molecule has 2 nitrogen and oxygen atoms in total. The van der Waals surface area contributed by atoms with E-state index in [2.05, 4.69) is 36.3 Å². The summed E-state index contributed by atoms with van der Waals surface area (Å²) in [4.78, 5) is 2.63. The third kappa shape index (κ3) is 2.02. The lowest BCUT2D eigenvalue weighted by Crippen LogP contribution is -2.48. The number of nitrogens with zero attached hydrogens (tertiary/aromatic N) is 1. The van der Waals surface area contributed by atoms with Crippen molar-refractivity contribution in [1.29, 1.82) is 0 Å². The molecule has 2 saturated heterocycles. The summed E-state index contributed by atoms with van der Waals surface area (Å²) in [6, 6.07) is 8.35. The van der Waals surface area contributed by atoms with Crippen LogP contribution < -0.4 is 10.2 Å². The van der Waals surface area contributed by atoms with Crippen molar-refractivity contribution in [3.05, 3.63) is 28.8 Å². The van der Waals surface area contributed by atoms with E-state index in [-0.39, 0.29) is 0 Å². The van der Waals surface area contributed by atoms with Gasteiger partial charge in [-0.2, -0.15) is 0 Å². The lowest BCUT2D eigenvalue weighted by molar-refractivity contribution is 0.373. The Hall–Kier alpha value is -0.730. The van der Waals surface area contributed by atoms with Crippen molar-refractivity contribution < 1.29 is 0 Å². The molecule has 18 heavy (non-hydrogen) atoms. The number of anilines is 1.